The number of nitrogens with zero attached hydrogens (tertiary/aromatic N) is 1. The number of hydrogen-bond donors (Lipinski definition) is 1. The Balaban J connectivity index is 2.12. The Morgan fingerprint density at radius 1 is 1.29 bits per heavy atom. The van der Waals surface area contributed by atoms with E-state index in [4.69, 9.17) is 0 Å². The highest BCUT2D eigenvalue weighted by atomic mass is 79.9. The van der Waals surface area contributed by atoms with Gasteiger partial charge in [0.1, 0.15) is 5.82 Å². The van der Waals surface area contributed by atoms with E-state index >= 15 is 0 Å². The van der Waals surface area contributed by atoms with Crippen LogP contribution in [0.1, 0.15) is 24.1 Å². The zero-order valence-electron chi connectivity index (χ0n) is 11.3. The second-order valence-electron chi connectivity index (χ2n) is 4.63. The monoisotopic (exact) mass is 352 g/mol. The summed E-state index contributed by atoms with van der Waals surface area (Å²) < 4.78 is 14.1. The highest BCUT2D eigenvalue weighted by Gasteiger charge is 2.16. The van der Waals surface area contributed by atoms with Gasteiger partial charge in [-0.2, -0.15) is 0 Å². The summed E-state index contributed by atoms with van der Waals surface area (Å²) in [6.07, 6.45) is 0. The highest BCUT2D eigenvalue weighted by Crippen LogP contribution is 2.28. The predicted molar refractivity (Wildman–Crippen MR) is 82.5 cm³/mol. The fraction of sp³-hybridized carbons (Fsp3) is 0.200. The highest BCUT2D eigenvalue weighted by molar-refractivity contribution is 9.10. The summed E-state index contributed by atoms with van der Waals surface area (Å²) in [5, 5.41) is 14.1. The third-order valence-corrected chi connectivity index (χ3v) is 4.14. The first-order valence-corrected chi connectivity index (χ1v) is 7.19. The van der Waals surface area contributed by atoms with Gasteiger partial charge in [0.15, 0.2) is 0 Å². The molecule has 0 fully saturated rings. The first-order chi connectivity index (χ1) is 10.0. The van der Waals surface area contributed by atoms with Crippen LogP contribution in [0.3, 0.4) is 0 Å². The van der Waals surface area contributed by atoms with E-state index in [0.717, 1.165) is 5.56 Å². The average Bonchev–Trinajstić information content (AvgIpc) is 2.46. The van der Waals surface area contributed by atoms with Crippen molar-refractivity contribution in [2.75, 3.05) is 0 Å². The minimum absolute atomic E-state index is 0.0212. The van der Waals surface area contributed by atoms with Crippen molar-refractivity contribution < 1.29 is 9.31 Å². The van der Waals surface area contributed by atoms with Crippen molar-refractivity contribution in [2.45, 2.75) is 19.5 Å². The number of halogens is 2. The van der Waals surface area contributed by atoms with Crippen molar-refractivity contribution in [3.8, 4) is 0 Å². The number of benzene rings is 2. The molecule has 4 nitrogen and oxygen atoms in total. The first kappa shape index (κ1) is 15.6. The van der Waals surface area contributed by atoms with Gasteiger partial charge in [-0.25, -0.2) is 4.39 Å². The van der Waals surface area contributed by atoms with E-state index in [2.05, 4.69) is 21.2 Å². The fourth-order valence-corrected chi connectivity index (χ4v) is 2.59. The normalized spacial score (nSPS) is 12.1. The molecule has 0 aliphatic rings. The van der Waals surface area contributed by atoms with E-state index < -0.39 is 4.92 Å². The van der Waals surface area contributed by atoms with Crippen LogP contribution in [0.5, 0.6) is 0 Å². The number of nitrogens with one attached hydrogen (secondary N) is 1. The standard InChI is InChI=1S/C15H14BrFN2O2/c1-10(12-6-2-3-7-13(12)17)18-9-11-5-4-8-14(15(11)16)19(20)21/h2-8,10,18H,9H2,1H3/t10-/m1/s1. The van der Waals surface area contributed by atoms with Gasteiger partial charge in [-0.05, 0) is 34.5 Å². The maximum atomic E-state index is 13.7. The van der Waals surface area contributed by atoms with Crippen LogP contribution in [0.4, 0.5) is 10.1 Å². The summed E-state index contributed by atoms with van der Waals surface area (Å²) in [6, 6.07) is 11.2. The Labute approximate surface area is 130 Å². The largest absolute Gasteiger partial charge is 0.306 e. The first-order valence-electron chi connectivity index (χ1n) is 6.40. The van der Waals surface area contributed by atoms with Crippen LogP contribution in [-0.2, 0) is 6.54 Å². The maximum absolute atomic E-state index is 13.7. The molecule has 2 rings (SSSR count). The minimum atomic E-state index is -0.437. The number of hydrogen-bond acceptors (Lipinski definition) is 3. The molecule has 1 atom stereocenters. The summed E-state index contributed by atoms with van der Waals surface area (Å²) in [4.78, 5) is 10.4. The van der Waals surface area contributed by atoms with Gasteiger partial charge in [0, 0.05) is 24.2 Å². The Hall–Kier alpha value is -1.79. The molecule has 0 spiro atoms. The van der Waals surface area contributed by atoms with Crippen molar-refractivity contribution in [2.24, 2.45) is 0 Å². The summed E-state index contributed by atoms with van der Waals surface area (Å²) in [5.41, 5.74) is 1.35. The molecule has 0 aliphatic carbocycles. The molecule has 0 aromatic heterocycles. The molecule has 21 heavy (non-hydrogen) atoms. The Morgan fingerprint density at radius 2 is 2.00 bits per heavy atom. The number of nitro groups is 1. The number of nitro benzene ring substituents is 1. The lowest BCUT2D eigenvalue weighted by Gasteiger charge is -2.15. The summed E-state index contributed by atoms with van der Waals surface area (Å²) >= 11 is 3.25. The van der Waals surface area contributed by atoms with Gasteiger partial charge in [0.25, 0.3) is 5.69 Å². The predicted octanol–water partition coefficient (Wildman–Crippen LogP) is 4.35. The van der Waals surface area contributed by atoms with Gasteiger partial charge in [-0.15, -0.1) is 0 Å². The lowest BCUT2D eigenvalue weighted by molar-refractivity contribution is -0.385. The van der Waals surface area contributed by atoms with Crippen molar-refractivity contribution in [1.29, 1.82) is 0 Å². The average molecular weight is 353 g/mol. The number of rotatable bonds is 5. The van der Waals surface area contributed by atoms with Gasteiger partial charge in [-0.1, -0.05) is 30.3 Å². The second-order valence-corrected chi connectivity index (χ2v) is 5.42. The topological polar surface area (TPSA) is 55.2 Å². The molecule has 0 bridgehead atoms. The molecule has 0 saturated carbocycles. The molecule has 0 radical (unpaired) electrons. The van der Waals surface area contributed by atoms with Crippen molar-refractivity contribution >= 4 is 21.6 Å². The molecule has 0 amide bonds. The van der Waals surface area contributed by atoms with E-state index in [9.17, 15) is 14.5 Å². The smallest absolute Gasteiger partial charge is 0.283 e. The van der Waals surface area contributed by atoms with Crippen LogP contribution in [0.25, 0.3) is 0 Å². The van der Waals surface area contributed by atoms with E-state index in [0.29, 0.717) is 16.6 Å². The second kappa shape index (κ2) is 6.78. The third-order valence-electron chi connectivity index (χ3n) is 3.23. The summed E-state index contributed by atoms with van der Waals surface area (Å²) in [6.45, 7) is 2.25. The van der Waals surface area contributed by atoms with Crippen LogP contribution in [0.2, 0.25) is 0 Å². The molecule has 0 heterocycles. The van der Waals surface area contributed by atoms with Crippen molar-refractivity contribution in [3.05, 3.63) is 74.0 Å². The van der Waals surface area contributed by atoms with Crippen LogP contribution >= 0.6 is 15.9 Å². The zero-order valence-corrected chi connectivity index (χ0v) is 12.9. The summed E-state index contributed by atoms with van der Waals surface area (Å²) in [7, 11) is 0. The van der Waals surface area contributed by atoms with Gasteiger partial charge >= 0.3 is 0 Å². The van der Waals surface area contributed by atoms with Gasteiger partial charge < -0.3 is 5.32 Å². The Kier molecular flexibility index (Phi) is 5.03. The van der Waals surface area contributed by atoms with E-state index in [1.165, 1.54) is 12.1 Å². The van der Waals surface area contributed by atoms with E-state index in [1.54, 1.807) is 30.3 Å². The molecule has 2 aromatic carbocycles. The third kappa shape index (κ3) is 3.65. The van der Waals surface area contributed by atoms with Crippen LogP contribution in [0, 0.1) is 15.9 Å². The van der Waals surface area contributed by atoms with Crippen LogP contribution in [0.15, 0.2) is 46.9 Å². The lowest BCUT2D eigenvalue weighted by atomic mass is 10.1. The Bertz CT molecular complexity index is 664. The Morgan fingerprint density at radius 3 is 2.67 bits per heavy atom. The summed E-state index contributed by atoms with van der Waals surface area (Å²) in [5.74, 6) is -0.268. The van der Waals surface area contributed by atoms with Gasteiger partial charge in [-0.3, -0.25) is 10.1 Å². The zero-order chi connectivity index (χ0) is 15.4. The molecule has 6 heteroatoms. The van der Waals surface area contributed by atoms with E-state index in [-0.39, 0.29) is 17.5 Å². The molecular weight excluding hydrogens is 339 g/mol. The molecule has 2 aromatic rings. The van der Waals surface area contributed by atoms with Gasteiger partial charge in [0.05, 0.1) is 9.40 Å². The molecule has 0 unspecified atom stereocenters. The van der Waals surface area contributed by atoms with Gasteiger partial charge in [0.2, 0.25) is 0 Å². The van der Waals surface area contributed by atoms with Crippen molar-refractivity contribution in [1.82, 2.24) is 5.32 Å². The van der Waals surface area contributed by atoms with Crippen molar-refractivity contribution in [3.63, 3.8) is 0 Å². The lowest BCUT2D eigenvalue weighted by Crippen LogP contribution is -2.19. The molecule has 0 saturated heterocycles. The quantitative estimate of drug-likeness (QED) is 0.642. The van der Waals surface area contributed by atoms with E-state index in [1.807, 2.05) is 6.92 Å². The van der Waals surface area contributed by atoms with Crippen LogP contribution < -0.4 is 5.32 Å². The molecule has 0 aliphatic heterocycles. The van der Waals surface area contributed by atoms with Crippen LogP contribution in [-0.4, -0.2) is 4.92 Å². The SMILES string of the molecule is C[C@@H](NCc1cccc([N+](=O)[O-])c1Br)c1ccccc1F. The molecular formula is C15H14BrFN2O2. The fourth-order valence-electron chi connectivity index (χ4n) is 2.04. The molecule has 110 valence electrons. The minimum Gasteiger partial charge on any atom is -0.306 e. The molecule has 1 N–H and O–H groups in total. The maximum Gasteiger partial charge on any atom is 0.283 e.